The number of fused-ring (bicyclic) bond motifs is 1. The first-order chi connectivity index (χ1) is 8.72. The molecule has 18 heavy (non-hydrogen) atoms. The molecular weight excluding hydrogens is 295 g/mol. The van der Waals surface area contributed by atoms with Gasteiger partial charge in [-0.2, -0.15) is 0 Å². The zero-order valence-corrected chi connectivity index (χ0v) is 13.4. The molecule has 1 aromatic rings. The van der Waals surface area contributed by atoms with Gasteiger partial charge in [-0.3, -0.25) is 0 Å². The molecule has 0 saturated heterocycles. The third kappa shape index (κ3) is 1.89. The van der Waals surface area contributed by atoms with E-state index in [1.54, 1.807) is 14.3 Å². The van der Waals surface area contributed by atoms with Crippen molar-refractivity contribution >= 4 is 9.28 Å². The molecule has 1 atom stereocenters. The average molecular weight is 313 g/mol. The summed E-state index contributed by atoms with van der Waals surface area (Å²) in [6, 6.07) is 8.92. The fourth-order valence-electron chi connectivity index (χ4n) is 2.91. The van der Waals surface area contributed by atoms with Gasteiger partial charge in [-0.25, -0.2) is 0 Å². The van der Waals surface area contributed by atoms with Crippen LogP contribution in [0.1, 0.15) is 31.4 Å². The van der Waals surface area contributed by atoms with E-state index in [2.05, 4.69) is 68.5 Å². The summed E-state index contributed by atoms with van der Waals surface area (Å²) in [6.45, 7) is 4.62. The second kappa shape index (κ2) is 4.70. The summed E-state index contributed by atoms with van der Waals surface area (Å²) in [5.74, 6) is 0. The van der Waals surface area contributed by atoms with Crippen molar-refractivity contribution in [2.75, 3.05) is 0 Å². The third-order valence-corrected chi connectivity index (χ3v) is 7.68. The monoisotopic (exact) mass is 311 g/mol. The van der Waals surface area contributed by atoms with Crippen LogP contribution in [0.25, 0.3) is 6.08 Å². The third-order valence-electron chi connectivity index (χ3n) is 3.62. The van der Waals surface area contributed by atoms with Crippen LogP contribution in [0.5, 0.6) is 0 Å². The molecule has 3 rings (SSSR count). The van der Waals surface area contributed by atoms with Crippen molar-refractivity contribution in [1.29, 1.82) is 0 Å². The number of rotatable bonds is 2. The van der Waals surface area contributed by atoms with E-state index in [9.17, 15) is 0 Å². The Bertz CT molecular complexity index is 598. The van der Waals surface area contributed by atoms with E-state index < -0.39 is 22.8 Å². The SMILES string of the molecule is C[C](C)=[Zr][C]1(C2=CC=CC2)C=Cc2ccccc21. The Hall–Kier alpha value is -0.807. The second-order valence-corrected chi connectivity index (χ2v) is 10.2. The number of hydrogen-bond acceptors (Lipinski definition) is 0. The van der Waals surface area contributed by atoms with Crippen LogP contribution >= 0.6 is 0 Å². The van der Waals surface area contributed by atoms with Gasteiger partial charge in [-0.15, -0.1) is 0 Å². The Kier molecular flexibility index (Phi) is 3.20. The zero-order chi connectivity index (χ0) is 12.6. The Morgan fingerprint density at radius 3 is 2.78 bits per heavy atom. The fraction of sp³-hybridized carbons (Fsp3) is 0.235. The molecule has 0 saturated carbocycles. The van der Waals surface area contributed by atoms with Gasteiger partial charge in [-0.1, -0.05) is 0 Å². The van der Waals surface area contributed by atoms with Gasteiger partial charge in [-0.05, 0) is 0 Å². The van der Waals surface area contributed by atoms with Gasteiger partial charge >= 0.3 is 121 Å². The van der Waals surface area contributed by atoms with Gasteiger partial charge < -0.3 is 0 Å². The van der Waals surface area contributed by atoms with Crippen LogP contribution in [0, 0.1) is 0 Å². The zero-order valence-electron chi connectivity index (χ0n) is 10.9. The van der Waals surface area contributed by atoms with E-state index in [4.69, 9.17) is 0 Å². The van der Waals surface area contributed by atoms with Crippen LogP contribution in [0.4, 0.5) is 0 Å². The maximum absolute atomic E-state index is 2.48. The molecule has 0 spiro atoms. The molecule has 0 amide bonds. The molecule has 1 unspecified atom stereocenters. The number of hydrogen-bond donors (Lipinski definition) is 0. The van der Waals surface area contributed by atoms with Crippen LogP contribution in [-0.4, -0.2) is 3.21 Å². The minimum absolute atomic E-state index is 0.280. The Balaban J connectivity index is 2.20. The van der Waals surface area contributed by atoms with Crippen LogP contribution in [0.2, 0.25) is 0 Å². The molecule has 89 valence electrons. The van der Waals surface area contributed by atoms with Gasteiger partial charge in [0.1, 0.15) is 0 Å². The van der Waals surface area contributed by atoms with E-state index in [1.165, 1.54) is 5.56 Å². The summed E-state index contributed by atoms with van der Waals surface area (Å²) in [6.07, 6.45) is 12.8. The van der Waals surface area contributed by atoms with E-state index >= 15 is 0 Å². The van der Waals surface area contributed by atoms with Gasteiger partial charge in [0.05, 0.1) is 0 Å². The average Bonchev–Trinajstić information content (AvgIpc) is 2.97. The van der Waals surface area contributed by atoms with Gasteiger partial charge in [0.15, 0.2) is 0 Å². The predicted molar refractivity (Wildman–Crippen MR) is 75.3 cm³/mol. The van der Waals surface area contributed by atoms with Gasteiger partial charge in [0, 0.05) is 0 Å². The van der Waals surface area contributed by atoms with Crippen molar-refractivity contribution in [2.24, 2.45) is 0 Å². The quantitative estimate of drug-likeness (QED) is 0.771. The minimum atomic E-state index is -0.619. The standard InChI is InChI=1S/C14H11.C3H6.Zr/c1-2-6-11(5-1)14-10-9-12-7-3-4-8-13(12)14;1-3-2;/h1-5,7-10H,6H2;1-2H3;. The summed E-state index contributed by atoms with van der Waals surface area (Å²) in [5, 5.41) is 0. The van der Waals surface area contributed by atoms with E-state index in [0.717, 1.165) is 6.42 Å². The molecule has 1 aromatic carbocycles. The second-order valence-electron chi connectivity index (χ2n) is 5.18. The van der Waals surface area contributed by atoms with Crippen molar-refractivity contribution in [3.8, 4) is 0 Å². The molecule has 0 radical (unpaired) electrons. The van der Waals surface area contributed by atoms with E-state index in [0.29, 0.717) is 0 Å². The molecule has 0 aromatic heterocycles. The first kappa shape index (κ1) is 12.2. The molecule has 0 heterocycles. The topological polar surface area (TPSA) is 0 Å². The van der Waals surface area contributed by atoms with Crippen molar-refractivity contribution in [2.45, 2.75) is 23.4 Å². The van der Waals surface area contributed by atoms with Crippen molar-refractivity contribution in [3.63, 3.8) is 0 Å². The van der Waals surface area contributed by atoms with E-state index in [1.807, 2.05) is 0 Å². The molecule has 0 N–H and O–H groups in total. The molecular formula is C17H17Zr. The predicted octanol–water partition coefficient (Wildman–Crippen LogP) is 4.09. The Labute approximate surface area is 120 Å². The Morgan fingerprint density at radius 1 is 1.22 bits per heavy atom. The van der Waals surface area contributed by atoms with Crippen molar-refractivity contribution in [3.05, 3.63) is 65.3 Å². The summed E-state index contributed by atoms with van der Waals surface area (Å²) in [5.41, 5.74) is 4.58. The number of benzene rings is 1. The molecule has 2 aliphatic rings. The summed E-state index contributed by atoms with van der Waals surface area (Å²) >= 11 is -0.619. The molecule has 0 nitrogen and oxygen atoms in total. The molecule has 2 aliphatic carbocycles. The van der Waals surface area contributed by atoms with Crippen LogP contribution in [-0.2, 0) is 25.9 Å². The summed E-state index contributed by atoms with van der Waals surface area (Å²) in [7, 11) is 0. The summed E-state index contributed by atoms with van der Waals surface area (Å²) in [4.78, 5) is 0. The molecule has 0 bridgehead atoms. The summed E-state index contributed by atoms with van der Waals surface area (Å²) < 4.78 is 1.94. The maximum atomic E-state index is 2.48. The van der Waals surface area contributed by atoms with E-state index in [-0.39, 0.29) is 3.12 Å². The molecule has 0 aliphatic heterocycles. The molecule has 1 heteroatoms. The molecule has 0 fully saturated rings. The Morgan fingerprint density at radius 2 is 2.06 bits per heavy atom. The van der Waals surface area contributed by atoms with Crippen LogP contribution < -0.4 is 0 Å². The van der Waals surface area contributed by atoms with Crippen LogP contribution in [0.3, 0.4) is 0 Å². The van der Waals surface area contributed by atoms with Gasteiger partial charge in [0.25, 0.3) is 0 Å². The fourth-order valence-corrected chi connectivity index (χ4v) is 7.00. The first-order valence-electron chi connectivity index (χ1n) is 6.46. The van der Waals surface area contributed by atoms with Gasteiger partial charge in [0.2, 0.25) is 0 Å². The van der Waals surface area contributed by atoms with Crippen LogP contribution in [0.15, 0.2) is 54.1 Å². The normalized spacial score (nSPS) is 23.8. The van der Waals surface area contributed by atoms with Crippen molar-refractivity contribution < 1.29 is 22.8 Å². The number of allylic oxidation sites excluding steroid dienone is 5. The first-order valence-corrected chi connectivity index (χ1v) is 8.91. The van der Waals surface area contributed by atoms with Crippen molar-refractivity contribution in [1.82, 2.24) is 0 Å².